The van der Waals surface area contributed by atoms with Gasteiger partial charge in [0.15, 0.2) is 4.32 Å². The molecule has 0 saturated carbocycles. The highest BCUT2D eigenvalue weighted by molar-refractivity contribution is 8.27. The van der Waals surface area contributed by atoms with Gasteiger partial charge in [-0.15, -0.1) is 0 Å². The minimum Gasteiger partial charge on any atom is -0.497 e. The first-order valence-electron chi connectivity index (χ1n) is 6.51. The van der Waals surface area contributed by atoms with Gasteiger partial charge in [0.05, 0.1) is 17.7 Å². The molecule has 0 bridgehead atoms. The van der Waals surface area contributed by atoms with Gasteiger partial charge in [0.2, 0.25) is 0 Å². The van der Waals surface area contributed by atoms with Gasteiger partial charge < -0.3 is 4.74 Å². The Morgan fingerprint density at radius 1 is 1.18 bits per heavy atom. The summed E-state index contributed by atoms with van der Waals surface area (Å²) in [6.07, 6.45) is 5.20. The molecule has 1 aliphatic heterocycles. The van der Waals surface area contributed by atoms with Gasteiger partial charge in [0, 0.05) is 12.4 Å². The second kappa shape index (κ2) is 6.29. The minimum absolute atomic E-state index is 0.114. The maximum absolute atomic E-state index is 12.6. The Balaban J connectivity index is 1.89. The molecule has 1 saturated heterocycles. The second-order valence-electron chi connectivity index (χ2n) is 4.50. The van der Waals surface area contributed by atoms with Crippen molar-refractivity contribution in [1.29, 1.82) is 0 Å². The average molecular weight is 328 g/mol. The molecule has 4 nitrogen and oxygen atoms in total. The van der Waals surface area contributed by atoms with Crippen LogP contribution in [0.3, 0.4) is 0 Å². The van der Waals surface area contributed by atoms with Crippen molar-refractivity contribution < 1.29 is 9.53 Å². The number of hydrogen-bond acceptors (Lipinski definition) is 5. The molecule has 110 valence electrons. The number of rotatable bonds is 3. The Bertz CT molecular complexity index is 743. The Morgan fingerprint density at radius 3 is 2.50 bits per heavy atom. The molecule has 22 heavy (non-hydrogen) atoms. The Kier molecular flexibility index (Phi) is 4.22. The third-order valence-corrected chi connectivity index (χ3v) is 4.43. The number of aromatic nitrogens is 1. The fourth-order valence-corrected chi connectivity index (χ4v) is 3.33. The van der Waals surface area contributed by atoms with Gasteiger partial charge in [0.25, 0.3) is 5.91 Å². The van der Waals surface area contributed by atoms with Gasteiger partial charge in [-0.3, -0.25) is 14.7 Å². The fourth-order valence-electron chi connectivity index (χ4n) is 2.03. The van der Waals surface area contributed by atoms with Crippen molar-refractivity contribution in [3.8, 4) is 5.75 Å². The lowest BCUT2D eigenvalue weighted by Crippen LogP contribution is -2.27. The molecule has 3 rings (SSSR count). The van der Waals surface area contributed by atoms with Crippen LogP contribution in [0, 0.1) is 0 Å². The first kappa shape index (κ1) is 14.7. The first-order chi connectivity index (χ1) is 10.7. The molecule has 0 spiro atoms. The van der Waals surface area contributed by atoms with Crippen LogP contribution in [0.4, 0.5) is 5.69 Å². The van der Waals surface area contributed by atoms with Crippen LogP contribution in [-0.2, 0) is 4.79 Å². The van der Waals surface area contributed by atoms with Gasteiger partial charge >= 0.3 is 0 Å². The molecule has 1 aromatic carbocycles. The summed E-state index contributed by atoms with van der Waals surface area (Å²) in [6.45, 7) is 0. The van der Waals surface area contributed by atoms with E-state index in [1.54, 1.807) is 31.6 Å². The number of hydrogen-bond donors (Lipinski definition) is 0. The summed E-state index contributed by atoms with van der Waals surface area (Å²) in [7, 11) is 1.60. The number of amides is 1. The Morgan fingerprint density at radius 2 is 1.86 bits per heavy atom. The van der Waals surface area contributed by atoms with Crippen LogP contribution in [0.15, 0.2) is 53.7 Å². The normalized spacial score (nSPS) is 16.4. The SMILES string of the molecule is COc1ccc(N2C(=O)/C(=C\c3ccncc3)SC2=S)cc1. The number of methoxy groups -OCH3 is 1. The number of benzene rings is 1. The van der Waals surface area contributed by atoms with E-state index >= 15 is 0 Å². The molecule has 0 atom stereocenters. The molecule has 0 unspecified atom stereocenters. The van der Waals surface area contributed by atoms with Gasteiger partial charge in [-0.05, 0) is 48.0 Å². The van der Waals surface area contributed by atoms with Crippen LogP contribution in [-0.4, -0.2) is 22.3 Å². The molecule has 2 aromatic rings. The summed E-state index contributed by atoms with van der Waals surface area (Å²) >= 11 is 6.64. The zero-order chi connectivity index (χ0) is 15.5. The molecule has 0 radical (unpaired) electrons. The van der Waals surface area contributed by atoms with E-state index in [9.17, 15) is 4.79 Å². The van der Waals surface area contributed by atoms with E-state index in [1.165, 1.54) is 16.7 Å². The Labute approximate surface area is 137 Å². The summed E-state index contributed by atoms with van der Waals surface area (Å²) in [5.41, 5.74) is 1.66. The summed E-state index contributed by atoms with van der Waals surface area (Å²) in [5, 5.41) is 0. The predicted molar refractivity (Wildman–Crippen MR) is 92.9 cm³/mol. The van der Waals surface area contributed by atoms with Gasteiger partial charge in [0.1, 0.15) is 5.75 Å². The number of ether oxygens (including phenoxy) is 1. The molecule has 6 heteroatoms. The molecular weight excluding hydrogens is 316 g/mol. The van der Waals surface area contributed by atoms with Crippen molar-refractivity contribution in [1.82, 2.24) is 4.98 Å². The topological polar surface area (TPSA) is 42.4 Å². The molecule has 2 heterocycles. The number of thioether (sulfide) groups is 1. The summed E-state index contributed by atoms with van der Waals surface area (Å²) in [6, 6.07) is 10.9. The number of carbonyl (C=O) groups is 1. The maximum Gasteiger partial charge on any atom is 0.270 e. The van der Waals surface area contributed by atoms with Crippen molar-refractivity contribution in [3.63, 3.8) is 0 Å². The number of thiocarbonyl (C=S) groups is 1. The van der Waals surface area contributed by atoms with E-state index in [-0.39, 0.29) is 5.91 Å². The van der Waals surface area contributed by atoms with Gasteiger partial charge in [-0.25, -0.2) is 0 Å². The molecule has 1 fully saturated rings. The molecular formula is C16H12N2O2S2. The standard InChI is InChI=1S/C16H12N2O2S2/c1-20-13-4-2-12(3-5-13)18-15(19)14(22-16(18)21)10-11-6-8-17-9-7-11/h2-10H,1H3/b14-10+. The molecule has 1 aliphatic rings. The van der Waals surface area contributed by atoms with E-state index in [0.717, 1.165) is 17.0 Å². The zero-order valence-corrected chi connectivity index (χ0v) is 13.4. The highest BCUT2D eigenvalue weighted by atomic mass is 32.2. The average Bonchev–Trinajstić information content (AvgIpc) is 2.82. The van der Waals surface area contributed by atoms with Crippen molar-refractivity contribution in [2.75, 3.05) is 12.0 Å². The monoisotopic (exact) mass is 328 g/mol. The van der Waals surface area contributed by atoms with Crippen molar-refractivity contribution >= 4 is 46.0 Å². The third-order valence-electron chi connectivity index (χ3n) is 3.13. The summed E-state index contributed by atoms with van der Waals surface area (Å²) in [5.74, 6) is 0.624. The van der Waals surface area contributed by atoms with Crippen molar-refractivity contribution in [3.05, 3.63) is 59.3 Å². The van der Waals surface area contributed by atoms with Crippen LogP contribution >= 0.6 is 24.0 Å². The fraction of sp³-hybridized carbons (Fsp3) is 0.0625. The number of carbonyl (C=O) groups excluding carboxylic acids is 1. The molecule has 1 amide bonds. The number of pyridine rings is 1. The second-order valence-corrected chi connectivity index (χ2v) is 6.17. The van der Waals surface area contributed by atoms with Gasteiger partial charge in [-0.2, -0.15) is 0 Å². The van der Waals surface area contributed by atoms with E-state index in [1.807, 2.05) is 30.3 Å². The molecule has 1 aromatic heterocycles. The molecule has 0 aliphatic carbocycles. The third kappa shape index (κ3) is 2.88. The first-order valence-corrected chi connectivity index (χ1v) is 7.73. The van der Waals surface area contributed by atoms with Crippen LogP contribution in [0.2, 0.25) is 0 Å². The highest BCUT2D eigenvalue weighted by Gasteiger charge is 2.33. The number of anilines is 1. The van der Waals surface area contributed by atoms with E-state index in [4.69, 9.17) is 17.0 Å². The van der Waals surface area contributed by atoms with Crippen molar-refractivity contribution in [2.45, 2.75) is 0 Å². The Hall–Kier alpha value is -2.18. The quantitative estimate of drug-likeness (QED) is 0.637. The van der Waals surface area contributed by atoms with E-state index in [0.29, 0.717) is 9.23 Å². The smallest absolute Gasteiger partial charge is 0.270 e. The minimum atomic E-state index is -0.114. The zero-order valence-electron chi connectivity index (χ0n) is 11.7. The van der Waals surface area contributed by atoms with Crippen LogP contribution in [0.5, 0.6) is 5.75 Å². The number of nitrogens with zero attached hydrogens (tertiary/aromatic N) is 2. The highest BCUT2D eigenvalue weighted by Crippen LogP contribution is 2.36. The maximum atomic E-state index is 12.6. The molecule has 0 N–H and O–H groups in total. The van der Waals surface area contributed by atoms with Gasteiger partial charge in [-0.1, -0.05) is 24.0 Å². The van der Waals surface area contributed by atoms with E-state index in [2.05, 4.69) is 4.98 Å². The van der Waals surface area contributed by atoms with Crippen molar-refractivity contribution in [2.24, 2.45) is 0 Å². The lowest BCUT2D eigenvalue weighted by molar-refractivity contribution is -0.113. The predicted octanol–water partition coefficient (Wildman–Crippen LogP) is 3.50. The van der Waals surface area contributed by atoms with E-state index < -0.39 is 0 Å². The lowest BCUT2D eigenvalue weighted by atomic mass is 10.2. The lowest BCUT2D eigenvalue weighted by Gasteiger charge is -2.14. The summed E-state index contributed by atoms with van der Waals surface area (Å²) in [4.78, 5) is 18.7. The van der Waals surface area contributed by atoms with Crippen LogP contribution < -0.4 is 9.64 Å². The largest absolute Gasteiger partial charge is 0.497 e. The van der Waals surface area contributed by atoms with Crippen LogP contribution in [0.1, 0.15) is 5.56 Å². The summed E-state index contributed by atoms with van der Waals surface area (Å²) < 4.78 is 5.65. The van der Waals surface area contributed by atoms with Crippen LogP contribution in [0.25, 0.3) is 6.08 Å².